The summed E-state index contributed by atoms with van der Waals surface area (Å²) in [6.07, 6.45) is 10.6. The molecule has 4 fully saturated rings. The lowest BCUT2D eigenvalue weighted by Gasteiger charge is -2.46. The van der Waals surface area contributed by atoms with Crippen LogP contribution in [0.15, 0.2) is 6.20 Å². The van der Waals surface area contributed by atoms with Crippen molar-refractivity contribution < 1.29 is 15.0 Å². The van der Waals surface area contributed by atoms with Crippen molar-refractivity contribution in [3.8, 4) is 0 Å². The number of nitrogens with one attached hydrogen (secondary N) is 2. The van der Waals surface area contributed by atoms with E-state index in [1.807, 2.05) is 11.7 Å². The highest BCUT2D eigenvalue weighted by Crippen LogP contribution is 2.28. The number of amides is 1. The number of rotatable bonds is 6. The van der Waals surface area contributed by atoms with Gasteiger partial charge in [0, 0.05) is 18.9 Å². The Morgan fingerprint density at radius 2 is 2.19 bits per heavy atom. The Hall–Kier alpha value is -1.47. The van der Waals surface area contributed by atoms with Gasteiger partial charge in [-0.15, -0.1) is 5.10 Å². The van der Waals surface area contributed by atoms with E-state index in [4.69, 9.17) is 0 Å². The van der Waals surface area contributed by atoms with Crippen LogP contribution < -0.4 is 15.5 Å². The third kappa shape index (κ3) is 3.93. The van der Waals surface area contributed by atoms with Crippen molar-refractivity contribution in [3.63, 3.8) is 0 Å². The largest absolute Gasteiger partial charge is 0.353 e. The highest BCUT2D eigenvalue weighted by atomic mass is 16.2. The molecule has 1 aromatic rings. The quantitative estimate of drug-likeness (QED) is 0.589. The summed E-state index contributed by atoms with van der Waals surface area (Å²) >= 11 is 0. The Balaban J connectivity index is 1.32. The molecule has 4 heterocycles. The van der Waals surface area contributed by atoms with Crippen LogP contribution in [0.25, 0.3) is 0 Å². The van der Waals surface area contributed by atoms with Gasteiger partial charge in [-0.25, -0.2) is 4.68 Å². The molecule has 4 atom stereocenters. The molecule has 144 valence electrons. The van der Waals surface area contributed by atoms with Crippen LogP contribution in [0.2, 0.25) is 0 Å². The SMILES string of the molecule is C[NH2+]Cc1cn(C[C@H]2C[C@@H]3CC[NH+]2C[C@@H]3C(=O)NC2CCCCC2)nn1. The number of carbonyl (C=O) groups excluding carboxylic acids is 1. The van der Waals surface area contributed by atoms with Gasteiger partial charge < -0.3 is 15.5 Å². The van der Waals surface area contributed by atoms with E-state index in [0.717, 1.165) is 31.7 Å². The van der Waals surface area contributed by atoms with E-state index in [0.29, 0.717) is 23.9 Å². The number of hydrogen-bond acceptors (Lipinski definition) is 3. The van der Waals surface area contributed by atoms with Gasteiger partial charge in [-0.1, -0.05) is 24.5 Å². The molecule has 1 aliphatic carbocycles. The molecule has 1 unspecified atom stereocenters. The van der Waals surface area contributed by atoms with Gasteiger partial charge in [-0.3, -0.25) is 4.79 Å². The number of nitrogens with two attached hydrogens (primary N) is 1. The number of carbonyl (C=O) groups is 1. The maximum absolute atomic E-state index is 12.8. The van der Waals surface area contributed by atoms with E-state index < -0.39 is 0 Å². The van der Waals surface area contributed by atoms with Crippen LogP contribution in [-0.2, 0) is 17.9 Å². The Morgan fingerprint density at radius 1 is 1.35 bits per heavy atom. The number of fused-ring (bicyclic) bond motifs is 3. The van der Waals surface area contributed by atoms with Crippen LogP contribution in [0, 0.1) is 11.8 Å². The van der Waals surface area contributed by atoms with E-state index in [1.54, 1.807) is 4.90 Å². The highest BCUT2D eigenvalue weighted by molar-refractivity contribution is 5.79. The van der Waals surface area contributed by atoms with Crippen LogP contribution in [0.3, 0.4) is 0 Å². The minimum Gasteiger partial charge on any atom is -0.353 e. The van der Waals surface area contributed by atoms with Crippen molar-refractivity contribution in [1.82, 2.24) is 20.3 Å². The van der Waals surface area contributed by atoms with Crippen molar-refractivity contribution in [2.45, 2.75) is 70.1 Å². The van der Waals surface area contributed by atoms with Crippen LogP contribution in [0.4, 0.5) is 0 Å². The van der Waals surface area contributed by atoms with Gasteiger partial charge in [0.2, 0.25) is 5.91 Å². The lowest BCUT2D eigenvalue weighted by atomic mass is 9.75. The normalized spacial score (nSPS) is 31.9. The van der Waals surface area contributed by atoms with Crippen molar-refractivity contribution in [3.05, 3.63) is 11.9 Å². The van der Waals surface area contributed by atoms with E-state index in [9.17, 15) is 4.79 Å². The van der Waals surface area contributed by atoms with E-state index in [-0.39, 0.29) is 5.92 Å². The van der Waals surface area contributed by atoms with Gasteiger partial charge in [-0.2, -0.15) is 0 Å². The fourth-order valence-corrected chi connectivity index (χ4v) is 5.33. The summed E-state index contributed by atoms with van der Waals surface area (Å²) in [5.74, 6) is 1.10. The summed E-state index contributed by atoms with van der Waals surface area (Å²) in [4.78, 5) is 14.4. The van der Waals surface area contributed by atoms with Gasteiger partial charge in [0.05, 0.1) is 38.8 Å². The Bertz CT molecular complexity index is 611. The van der Waals surface area contributed by atoms with Gasteiger partial charge >= 0.3 is 0 Å². The van der Waals surface area contributed by atoms with Gasteiger partial charge in [-0.05, 0) is 18.8 Å². The lowest BCUT2D eigenvalue weighted by molar-refractivity contribution is -0.945. The Morgan fingerprint density at radius 3 is 2.92 bits per heavy atom. The smallest absolute Gasteiger partial charge is 0.229 e. The summed E-state index contributed by atoms with van der Waals surface area (Å²) < 4.78 is 2.01. The molecule has 1 saturated carbocycles. The van der Waals surface area contributed by atoms with Crippen LogP contribution in [-0.4, -0.2) is 53.1 Å². The van der Waals surface area contributed by atoms with Crippen LogP contribution >= 0.6 is 0 Å². The maximum Gasteiger partial charge on any atom is 0.229 e. The summed E-state index contributed by atoms with van der Waals surface area (Å²) in [6, 6.07) is 1.01. The molecular formula is C19H34N6O+2. The molecule has 3 aliphatic heterocycles. The molecule has 1 amide bonds. The first-order valence-corrected chi connectivity index (χ1v) is 10.5. The fourth-order valence-electron chi connectivity index (χ4n) is 5.33. The minimum absolute atomic E-state index is 0.220. The molecule has 26 heavy (non-hydrogen) atoms. The van der Waals surface area contributed by atoms with Gasteiger partial charge in [0.15, 0.2) is 0 Å². The first kappa shape index (κ1) is 17.9. The third-order valence-electron chi connectivity index (χ3n) is 6.75. The van der Waals surface area contributed by atoms with Crippen molar-refractivity contribution in [2.24, 2.45) is 11.8 Å². The molecule has 4 aliphatic rings. The highest BCUT2D eigenvalue weighted by Gasteiger charge is 2.46. The summed E-state index contributed by atoms with van der Waals surface area (Å²) in [7, 11) is 2.05. The molecule has 3 saturated heterocycles. The molecule has 5 rings (SSSR count). The third-order valence-corrected chi connectivity index (χ3v) is 6.75. The summed E-state index contributed by atoms with van der Waals surface area (Å²) in [5, 5.41) is 14.0. The Kier molecular flexibility index (Phi) is 5.55. The van der Waals surface area contributed by atoms with Crippen LogP contribution in [0.5, 0.6) is 0 Å². The number of nitrogens with zero attached hydrogens (tertiary/aromatic N) is 3. The van der Waals surface area contributed by atoms with Crippen molar-refractivity contribution in [2.75, 3.05) is 20.1 Å². The number of piperidine rings is 3. The standard InChI is InChI=1S/C19H32N6O/c1-20-10-16-11-25(23-22-16)12-17-9-14-7-8-24(17)13-18(14)19(26)21-15-5-3-2-4-6-15/h11,14-15,17-18,20H,2-10,12-13H2,1H3,(H,21,26)/p+2/t14-,17+,18-/m0/s1. The lowest BCUT2D eigenvalue weighted by Crippen LogP contribution is -3.20. The molecule has 0 radical (unpaired) electrons. The molecule has 7 heteroatoms. The van der Waals surface area contributed by atoms with Crippen molar-refractivity contribution >= 4 is 5.91 Å². The fraction of sp³-hybridized carbons (Fsp3) is 0.842. The molecule has 7 nitrogen and oxygen atoms in total. The molecule has 4 N–H and O–H groups in total. The zero-order valence-electron chi connectivity index (χ0n) is 16.0. The van der Waals surface area contributed by atoms with Gasteiger partial charge in [0.25, 0.3) is 0 Å². The minimum atomic E-state index is 0.220. The first-order valence-electron chi connectivity index (χ1n) is 10.5. The molecule has 1 aromatic heterocycles. The molecule has 2 bridgehead atoms. The topological polar surface area (TPSA) is 80.9 Å². The summed E-state index contributed by atoms with van der Waals surface area (Å²) in [6.45, 7) is 4.01. The number of quaternary nitrogens is 2. The predicted octanol–water partition coefficient (Wildman–Crippen LogP) is -1.29. The Labute approximate surface area is 155 Å². The monoisotopic (exact) mass is 362 g/mol. The van der Waals surface area contributed by atoms with E-state index >= 15 is 0 Å². The second-order valence-corrected chi connectivity index (χ2v) is 8.59. The second kappa shape index (κ2) is 8.05. The zero-order chi connectivity index (χ0) is 17.9. The predicted molar refractivity (Wildman–Crippen MR) is 97.3 cm³/mol. The number of hydrogen-bond donors (Lipinski definition) is 3. The number of aromatic nitrogens is 3. The molecule has 0 aromatic carbocycles. The summed E-state index contributed by atoms with van der Waals surface area (Å²) in [5.41, 5.74) is 1.04. The van der Waals surface area contributed by atoms with E-state index in [1.165, 1.54) is 45.1 Å². The average molecular weight is 363 g/mol. The van der Waals surface area contributed by atoms with Crippen molar-refractivity contribution in [1.29, 1.82) is 0 Å². The second-order valence-electron chi connectivity index (χ2n) is 8.59. The molecular weight excluding hydrogens is 328 g/mol. The van der Waals surface area contributed by atoms with Crippen LogP contribution in [0.1, 0.15) is 50.6 Å². The first-order chi connectivity index (χ1) is 12.7. The zero-order valence-corrected chi connectivity index (χ0v) is 16.0. The van der Waals surface area contributed by atoms with E-state index in [2.05, 4.69) is 27.1 Å². The van der Waals surface area contributed by atoms with Gasteiger partial charge in [0.1, 0.15) is 18.3 Å². The average Bonchev–Trinajstić information content (AvgIpc) is 3.10. The maximum atomic E-state index is 12.8. The molecule has 0 spiro atoms.